The quantitative estimate of drug-likeness (QED) is 0.770. The van der Waals surface area contributed by atoms with E-state index in [9.17, 15) is 13.2 Å². The fourth-order valence-electron chi connectivity index (χ4n) is 1.64. The smallest absolute Gasteiger partial charge is 0.354 e. The van der Waals surface area contributed by atoms with E-state index in [-0.39, 0.29) is 23.7 Å². The van der Waals surface area contributed by atoms with Gasteiger partial charge in [0.2, 0.25) is 0 Å². The van der Waals surface area contributed by atoms with E-state index in [4.69, 9.17) is 5.73 Å². The summed E-state index contributed by atoms with van der Waals surface area (Å²) in [7, 11) is -1.82. The van der Waals surface area contributed by atoms with Crippen molar-refractivity contribution in [2.75, 3.05) is 24.3 Å². The van der Waals surface area contributed by atoms with Gasteiger partial charge in [0.05, 0.1) is 18.6 Å². The van der Waals surface area contributed by atoms with E-state index in [1.807, 2.05) is 6.92 Å². The van der Waals surface area contributed by atoms with Crippen molar-refractivity contribution in [2.45, 2.75) is 19.9 Å². The molecule has 18 heavy (non-hydrogen) atoms. The Hall–Kier alpha value is -1.50. The minimum Gasteiger partial charge on any atom is -0.464 e. The van der Waals surface area contributed by atoms with Gasteiger partial charge in [-0.2, -0.15) is 0 Å². The highest BCUT2D eigenvalue weighted by Gasteiger charge is 2.15. The van der Waals surface area contributed by atoms with Gasteiger partial charge in [-0.25, -0.2) is 13.2 Å². The number of aryl methyl sites for hydroxylation is 1. The van der Waals surface area contributed by atoms with Crippen molar-refractivity contribution >= 4 is 21.5 Å². The molecule has 0 aliphatic carbocycles. The van der Waals surface area contributed by atoms with Crippen LogP contribution in [0, 0.1) is 0 Å². The molecule has 0 bridgehead atoms. The van der Waals surface area contributed by atoms with Gasteiger partial charge in [-0.1, -0.05) is 6.92 Å². The molecule has 0 aromatic carbocycles. The van der Waals surface area contributed by atoms with Gasteiger partial charge >= 0.3 is 5.97 Å². The molecular formula is C11H18N2O4S. The number of ether oxygens (including phenoxy) is 1. The molecule has 0 radical (unpaired) electrons. The Kier molecular flexibility index (Phi) is 4.77. The third-order valence-electron chi connectivity index (χ3n) is 2.47. The van der Waals surface area contributed by atoms with Gasteiger partial charge in [-0.05, 0) is 12.5 Å². The Bertz CT molecular complexity index is 519. The minimum atomic E-state index is -3.08. The number of nitrogens with two attached hydrogens (primary N) is 1. The number of aromatic nitrogens is 1. The molecule has 2 N–H and O–H groups in total. The lowest BCUT2D eigenvalue weighted by molar-refractivity contribution is 0.0588. The maximum absolute atomic E-state index is 11.6. The molecule has 6 nitrogen and oxygen atoms in total. The lowest BCUT2D eigenvalue weighted by atomic mass is 10.4. The molecule has 0 atom stereocenters. The molecule has 1 aromatic rings. The number of rotatable bonds is 6. The van der Waals surface area contributed by atoms with Gasteiger partial charge in [0, 0.05) is 18.5 Å². The number of carbonyl (C=O) groups is 1. The van der Waals surface area contributed by atoms with Crippen molar-refractivity contribution in [3.8, 4) is 0 Å². The molecule has 1 heterocycles. The fourth-order valence-corrected chi connectivity index (χ4v) is 2.94. The number of carbonyl (C=O) groups excluding carboxylic acids is 1. The molecular weight excluding hydrogens is 256 g/mol. The largest absolute Gasteiger partial charge is 0.464 e. The molecule has 0 amide bonds. The normalized spacial score (nSPS) is 11.4. The van der Waals surface area contributed by atoms with Crippen LogP contribution in [0.1, 0.15) is 23.8 Å². The number of nitrogen functional groups attached to an aromatic ring is 1. The van der Waals surface area contributed by atoms with Gasteiger partial charge in [0.1, 0.15) is 5.69 Å². The number of esters is 1. The molecule has 0 fully saturated rings. The van der Waals surface area contributed by atoms with Crippen LogP contribution in [-0.4, -0.2) is 37.6 Å². The second kappa shape index (κ2) is 5.90. The summed E-state index contributed by atoms with van der Waals surface area (Å²) in [5.74, 6) is -0.393. The van der Waals surface area contributed by atoms with Gasteiger partial charge in [0.15, 0.2) is 9.84 Å². The Morgan fingerprint density at radius 1 is 1.44 bits per heavy atom. The van der Waals surface area contributed by atoms with Crippen molar-refractivity contribution in [1.29, 1.82) is 0 Å². The lowest BCUT2D eigenvalue weighted by Crippen LogP contribution is -2.18. The Balaban J connectivity index is 2.82. The third kappa shape index (κ3) is 3.76. The first-order valence-electron chi connectivity index (χ1n) is 5.64. The van der Waals surface area contributed by atoms with E-state index in [1.165, 1.54) is 23.9 Å². The highest BCUT2D eigenvalue weighted by atomic mass is 32.2. The van der Waals surface area contributed by atoms with Crippen LogP contribution >= 0.6 is 0 Å². The van der Waals surface area contributed by atoms with Crippen molar-refractivity contribution in [3.05, 3.63) is 18.0 Å². The maximum atomic E-state index is 11.6. The summed E-state index contributed by atoms with van der Waals surface area (Å²) in [6.45, 7) is 2.01. The number of hydrogen-bond donors (Lipinski definition) is 1. The molecule has 1 rings (SSSR count). The lowest BCUT2D eigenvalue weighted by Gasteiger charge is -2.07. The monoisotopic (exact) mass is 274 g/mol. The molecule has 0 unspecified atom stereocenters. The zero-order valence-corrected chi connectivity index (χ0v) is 11.4. The van der Waals surface area contributed by atoms with E-state index in [0.717, 1.165) is 0 Å². The zero-order chi connectivity index (χ0) is 13.8. The van der Waals surface area contributed by atoms with Crippen LogP contribution in [0.3, 0.4) is 0 Å². The van der Waals surface area contributed by atoms with Crippen molar-refractivity contribution in [1.82, 2.24) is 4.57 Å². The average Bonchev–Trinajstić information content (AvgIpc) is 2.67. The van der Waals surface area contributed by atoms with Crippen LogP contribution in [-0.2, 0) is 21.1 Å². The average molecular weight is 274 g/mol. The van der Waals surface area contributed by atoms with Crippen molar-refractivity contribution in [3.63, 3.8) is 0 Å². The summed E-state index contributed by atoms with van der Waals surface area (Å²) < 4.78 is 29.3. The van der Waals surface area contributed by atoms with E-state index in [0.29, 0.717) is 12.1 Å². The second-order valence-electron chi connectivity index (χ2n) is 4.00. The van der Waals surface area contributed by atoms with E-state index in [1.54, 1.807) is 0 Å². The minimum absolute atomic E-state index is 0.0149. The fraction of sp³-hybridized carbons (Fsp3) is 0.545. The van der Waals surface area contributed by atoms with Crippen LogP contribution in [0.2, 0.25) is 0 Å². The van der Waals surface area contributed by atoms with Crippen molar-refractivity contribution < 1.29 is 17.9 Å². The predicted octanol–water partition coefficient (Wildman–Crippen LogP) is 0.682. The van der Waals surface area contributed by atoms with Gasteiger partial charge < -0.3 is 15.0 Å². The summed E-state index contributed by atoms with van der Waals surface area (Å²) >= 11 is 0. The Morgan fingerprint density at radius 3 is 2.67 bits per heavy atom. The first-order chi connectivity index (χ1) is 8.39. The number of anilines is 1. The number of hydrogen-bond acceptors (Lipinski definition) is 5. The van der Waals surface area contributed by atoms with Crippen LogP contribution in [0.15, 0.2) is 12.3 Å². The zero-order valence-electron chi connectivity index (χ0n) is 10.5. The van der Waals surface area contributed by atoms with Crippen molar-refractivity contribution in [2.24, 2.45) is 0 Å². The van der Waals surface area contributed by atoms with E-state index < -0.39 is 15.8 Å². The van der Waals surface area contributed by atoms with Gasteiger partial charge in [-0.3, -0.25) is 0 Å². The molecule has 0 aliphatic rings. The van der Waals surface area contributed by atoms with Gasteiger partial charge in [-0.15, -0.1) is 0 Å². The highest BCUT2D eigenvalue weighted by Crippen LogP contribution is 2.12. The maximum Gasteiger partial charge on any atom is 0.354 e. The predicted molar refractivity (Wildman–Crippen MR) is 69.1 cm³/mol. The molecule has 102 valence electrons. The number of sulfone groups is 1. The summed E-state index contributed by atoms with van der Waals surface area (Å²) in [4.78, 5) is 11.4. The van der Waals surface area contributed by atoms with Gasteiger partial charge in [0.25, 0.3) is 0 Å². The van der Waals surface area contributed by atoms with Crippen LogP contribution in [0.25, 0.3) is 0 Å². The first-order valence-corrected chi connectivity index (χ1v) is 7.46. The summed E-state index contributed by atoms with van der Waals surface area (Å²) in [5.41, 5.74) is 6.26. The standard InChI is InChI=1S/C11H18N2O4S/c1-3-5-18(15,16)6-4-13-8-9(12)7-10(13)11(14)17-2/h7-8H,3-6,12H2,1-2H3. The third-order valence-corrected chi connectivity index (χ3v) is 4.31. The Morgan fingerprint density at radius 2 is 2.11 bits per heavy atom. The molecule has 0 saturated carbocycles. The molecule has 7 heteroatoms. The SMILES string of the molecule is CCCS(=O)(=O)CCn1cc(N)cc1C(=O)OC. The summed E-state index contributed by atoms with van der Waals surface area (Å²) in [6.07, 6.45) is 2.12. The highest BCUT2D eigenvalue weighted by molar-refractivity contribution is 7.91. The number of methoxy groups -OCH3 is 1. The first kappa shape index (κ1) is 14.6. The van der Waals surface area contributed by atoms with E-state index in [2.05, 4.69) is 4.74 Å². The van der Waals surface area contributed by atoms with E-state index >= 15 is 0 Å². The summed E-state index contributed by atoms with van der Waals surface area (Å²) in [6, 6.07) is 1.47. The van der Waals surface area contributed by atoms with Crippen LogP contribution < -0.4 is 5.73 Å². The summed E-state index contributed by atoms with van der Waals surface area (Å²) in [5, 5.41) is 0. The topological polar surface area (TPSA) is 91.4 Å². The second-order valence-corrected chi connectivity index (χ2v) is 6.30. The molecule has 1 aromatic heterocycles. The van der Waals surface area contributed by atoms with Crippen LogP contribution in [0.5, 0.6) is 0 Å². The number of nitrogens with zero attached hydrogens (tertiary/aromatic N) is 1. The molecule has 0 spiro atoms. The van der Waals surface area contributed by atoms with Crippen LogP contribution in [0.4, 0.5) is 5.69 Å². The molecule has 0 aliphatic heterocycles. The molecule has 0 saturated heterocycles. The Labute approximate surface area is 107 Å².